The van der Waals surface area contributed by atoms with Gasteiger partial charge in [0, 0.05) is 5.39 Å². The summed E-state index contributed by atoms with van der Waals surface area (Å²) in [4.78, 5) is 0. The highest BCUT2D eigenvalue weighted by atomic mass is 19.1. The van der Waals surface area contributed by atoms with Crippen LogP contribution >= 0.6 is 0 Å². The maximum Gasteiger partial charge on any atom is 0.134 e. The van der Waals surface area contributed by atoms with Gasteiger partial charge >= 0.3 is 0 Å². The maximum absolute atomic E-state index is 13.3. The molecule has 1 saturated carbocycles. The van der Waals surface area contributed by atoms with E-state index in [9.17, 15) is 4.39 Å². The van der Waals surface area contributed by atoms with Crippen LogP contribution in [0.2, 0.25) is 0 Å². The van der Waals surface area contributed by atoms with Gasteiger partial charge in [0.05, 0.1) is 6.04 Å². The first kappa shape index (κ1) is 13.6. The highest BCUT2D eigenvalue weighted by Crippen LogP contribution is 2.35. The largest absolute Gasteiger partial charge is 0.459 e. The lowest BCUT2D eigenvalue weighted by Crippen LogP contribution is -2.24. The summed E-state index contributed by atoms with van der Waals surface area (Å²) in [6.45, 7) is 0. The molecule has 1 heterocycles. The van der Waals surface area contributed by atoms with Gasteiger partial charge in [-0.3, -0.25) is 0 Å². The summed E-state index contributed by atoms with van der Waals surface area (Å²) in [7, 11) is 1.99. The summed E-state index contributed by atoms with van der Waals surface area (Å²) in [5.41, 5.74) is 0.773. The van der Waals surface area contributed by atoms with Crippen molar-refractivity contribution >= 4 is 11.0 Å². The Morgan fingerprint density at radius 2 is 1.90 bits per heavy atom. The molecule has 3 heteroatoms. The summed E-state index contributed by atoms with van der Waals surface area (Å²) in [6, 6.07) is 6.94. The molecule has 0 bridgehead atoms. The first-order valence-corrected chi connectivity index (χ1v) is 7.64. The Labute approximate surface area is 119 Å². The number of furan rings is 1. The molecule has 1 aliphatic rings. The molecule has 0 radical (unpaired) electrons. The van der Waals surface area contributed by atoms with Gasteiger partial charge in [0.1, 0.15) is 17.2 Å². The highest BCUT2D eigenvalue weighted by Gasteiger charge is 2.25. The zero-order valence-electron chi connectivity index (χ0n) is 12.0. The number of hydrogen-bond donors (Lipinski definition) is 1. The number of fused-ring (bicyclic) bond motifs is 1. The minimum atomic E-state index is -0.208. The van der Waals surface area contributed by atoms with Crippen LogP contribution in [0.3, 0.4) is 0 Å². The molecule has 0 spiro atoms. The van der Waals surface area contributed by atoms with E-state index in [4.69, 9.17) is 4.42 Å². The van der Waals surface area contributed by atoms with Crippen molar-refractivity contribution in [1.29, 1.82) is 0 Å². The zero-order chi connectivity index (χ0) is 13.9. The Bertz CT molecular complexity index is 569. The number of rotatable bonds is 3. The minimum absolute atomic E-state index is 0.208. The van der Waals surface area contributed by atoms with Crippen LogP contribution in [0, 0.1) is 11.7 Å². The molecule has 1 N–H and O–H groups in total. The average molecular weight is 275 g/mol. The van der Waals surface area contributed by atoms with E-state index in [-0.39, 0.29) is 11.9 Å². The predicted molar refractivity (Wildman–Crippen MR) is 79.2 cm³/mol. The first-order chi connectivity index (χ1) is 9.78. The van der Waals surface area contributed by atoms with Crippen LogP contribution < -0.4 is 5.32 Å². The third-order valence-electron chi connectivity index (χ3n) is 4.49. The Kier molecular flexibility index (Phi) is 4.06. The van der Waals surface area contributed by atoms with Gasteiger partial charge in [-0.25, -0.2) is 4.39 Å². The lowest BCUT2D eigenvalue weighted by Gasteiger charge is -2.23. The van der Waals surface area contributed by atoms with Crippen LogP contribution in [0.1, 0.15) is 50.3 Å². The van der Waals surface area contributed by atoms with Gasteiger partial charge in [0.25, 0.3) is 0 Å². The molecule has 1 aliphatic carbocycles. The third-order valence-corrected chi connectivity index (χ3v) is 4.49. The topological polar surface area (TPSA) is 25.2 Å². The molecule has 2 nitrogen and oxygen atoms in total. The van der Waals surface area contributed by atoms with E-state index in [1.807, 2.05) is 13.1 Å². The molecule has 1 fully saturated rings. The van der Waals surface area contributed by atoms with Crippen LogP contribution in [0.25, 0.3) is 11.0 Å². The number of hydrogen-bond acceptors (Lipinski definition) is 2. The van der Waals surface area contributed by atoms with Crippen LogP contribution in [0.5, 0.6) is 0 Å². The lowest BCUT2D eigenvalue weighted by atomic mass is 9.90. The summed E-state index contributed by atoms with van der Waals surface area (Å²) >= 11 is 0. The van der Waals surface area contributed by atoms with Crippen molar-refractivity contribution in [2.75, 3.05) is 7.05 Å². The Balaban J connectivity index is 1.89. The van der Waals surface area contributed by atoms with E-state index in [0.29, 0.717) is 5.92 Å². The monoisotopic (exact) mass is 275 g/mol. The van der Waals surface area contributed by atoms with Gasteiger partial charge in [-0.1, -0.05) is 25.7 Å². The summed E-state index contributed by atoms with van der Waals surface area (Å²) in [5, 5.41) is 4.26. The van der Waals surface area contributed by atoms with E-state index in [1.54, 1.807) is 12.1 Å². The molecule has 1 atom stereocenters. The summed E-state index contributed by atoms with van der Waals surface area (Å²) in [5.74, 6) is 1.35. The van der Waals surface area contributed by atoms with Crippen molar-refractivity contribution < 1.29 is 8.81 Å². The molecule has 1 unspecified atom stereocenters. The van der Waals surface area contributed by atoms with E-state index in [2.05, 4.69) is 5.32 Å². The molecular formula is C17H22FNO. The SMILES string of the molecule is CNC(c1cc2cc(F)ccc2o1)C1CCCCCC1. The molecule has 20 heavy (non-hydrogen) atoms. The van der Waals surface area contributed by atoms with Crippen LogP contribution in [0.4, 0.5) is 4.39 Å². The van der Waals surface area contributed by atoms with E-state index < -0.39 is 0 Å². The fraction of sp³-hybridized carbons (Fsp3) is 0.529. The van der Waals surface area contributed by atoms with Crippen molar-refractivity contribution in [2.24, 2.45) is 5.92 Å². The van der Waals surface area contributed by atoms with Gasteiger partial charge < -0.3 is 9.73 Å². The van der Waals surface area contributed by atoms with Crippen molar-refractivity contribution in [2.45, 2.75) is 44.6 Å². The maximum atomic E-state index is 13.3. The van der Waals surface area contributed by atoms with Gasteiger partial charge in [0.2, 0.25) is 0 Å². The minimum Gasteiger partial charge on any atom is -0.459 e. The third kappa shape index (κ3) is 2.73. The lowest BCUT2D eigenvalue weighted by molar-refractivity contribution is 0.302. The van der Waals surface area contributed by atoms with Crippen LogP contribution in [-0.2, 0) is 0 Å². The predicted octanol–water partition coefficient (Wildman–Crippen LogP) is 4.80. The molecule has 1 aromatic heterocycles. The second-order valence-corrected chi connectivity index (χ2v) is 5.85. The number of halogens is 1. The van der Waals surface area contributed by atoms with Crippen molar-refractivity contribution in [3.63, 3.8) is 0 Å². The van der Waals surface area contributed by atoms with Crippen molar-refractivity contribution in [1.82, 2.24) is 5.32 Å². The Hall–Kier alpha value is -1.35. The van der Waals surface area contributed by atoms with E-state index >= 15 is 0 Å². The smallest absolute Gasteiger partial charge is 0.134 e. The van der Waals surface area contributed by atoms with E-state index in [0.717, 1.165) is 16.7 Å². The fourth-order valence-electron chi connectivity index (χ4n) is 3.44. The highest BCUT2D eigenvalue weighted by molar-refractivity contribution is 5.78. The van der Waals surface area contributed by atoms with Gasteiger partial charge in [-0.05, 0) is 50.1 Å². The number of nitrogens with one attached hydrogen (secondary N) is 1. The Morgan fingerprint density at radius 3 is 2.60 bits per heavy atom. The summed E-state index contributed by atoms with van der Waals surface area (Å²) in [6.07, 6.45) is 7.79. The molecule has 3 rings (SSSR count). The molecule has 1 aromatic carbocycles. The molecule has 108 valence electrons. The van der Waals surface area contributed by atoms with Gasteiger partial charge in [-0.15, -0.1) is 0 Å². The quantitative estimate of drug-likeness (QED) is 0.814. The molecular weight excluding hydrogens is 253 g/mol. The van der Waals surface area contributed by atoms with Crippen LogP contribution in [0.15, 0.2) is 28.7 Å². The second-order valence-electron chi connectivity index (χ2n) is 5.85. The standard InChI is InChI=1S/C17H22FNO/c1-19-17(12-6-4-2-3-5-7-12)16-11-13-10-14(18)8-9-15(13)20-16/h8-12,17,19H,2-7H2,1H3. The average Bonchev–Trinajstić information content (AvgIpc) is 2.67. The Morgan fingerprint density at radius 1 is 1.15 bits per heavy atom. The van der Waals surface area contributed by atoms with Gasteiger partial charge in [-0.2, -0.15) is 0 Å². The number of benzene rings is 1. The second kappa shape index (κ2) is 5.96. The summed E-state index contributed by atoms with van der Waals surface area (Å²) < 4.78 is 19.2. The van der Waals surface area contributed by atoms with Crippen LogP contribution in [-0.4, -0.2) is 7.05 Å². The normalized spacial score (nSPS) is 19.1. The first-order valence-electron chi connectivity index (χ1n) is 7.64. The van der Waals surface area contributed by atoms with Crippen molar-refractivity contribution in [3.05, 3.63) is 35.8 Å². The molecule has 0 saturated heterocycles. The zero-order valence-corrected chi connectivity index (χ0v) is 12.0. The molecule has 0 amide bonds. The van der Waals surface area contributed by atoms with E-state index in [1.165, 1.54) is 44.6 Å². The molecule has 2 aromatic rings. The van der Waals surface area contributed by atoms with Crippen molar-refractivity contribution in [3.8, 4) is 0 Å². The fourth-order valence-corrected chi connectivity index (χ4v) is 3.44. The van der Waals surface area contributed by atoms with Gasteiger partial charge in [0.15, 0.2) is 0 Å². The molecule has 0 aliphatic heterocycles.